The summed E-state index contributed by atoms with van der Waals surface area (Å²) in [5.74, 6) is 1.01. The highest BCUT2D eigenvalue weighted by molar-refractivity contribution is 5.48. The van der Waals surface area contributed by atoms with Crippen molar-refractivity contribution in [3.63, 3.8) is 0 Å². The van der Waals surface area contributed by atoms with Crippen LogP contribution < -0.4 is 10.2 Å². The Balaban J connectivity index is 1.58. The van der Waals surface area contributed by atoms with E-state index in [-0.39, 0.29) is 0 Å². The fraction of sp³-hybridized carbons (Fsp3) is 0.385. The number of aromatic nitrogens is 3. The summed E-state index contributed by atoms with van der Waals surface area (Å²) in [6.45, 7) is 4.10. The fourth-order valence-corrected chi connectivity index (χ4v) is 2.05. The van der Waals surface area contributed by atoms with Gasteiger partial charge < -0.3 is 19.9 Å². The SMILES string of the molecule is c1ncc(CNc2ccc(N3CCOCC3)nc2)[nH]1. The van der Waals surface area contributed by atoms with Gasteiger partial charge in [0.1, 0.15) is 5.82 Å². The predicted octanol–water partition coefficient (Wildman–Crippen LogP) is 1.25. The average molecular weight is 259 g/mol. The minimum absolute atomic E-state index is 0.721. The van der Waals surface area contributed by atoms with E-state index in [1.54, 1.807) is 6.33 Å². The first kappa shape index (κ1) is 12.0. The number of hydrogen-bond donors (Lipinski definition) is 2. The Bertz CT molecular complexity index is 490. The van der Waals surface area contributed by atoms with Gasteiger partial charge in [-0.3, -0.25) is 0 Å². The number of nitrogens with zero attached hydrogens (tertiary/aromatic N) is 3. The van der Waals surface area contributed by atoms with Crippen LogP contribution in [0.3, 0.4) is 0 Å². The second-order valence-electron chi connectivity index (χ2n) is 4.43. The molecule has 2 aromatic heterocycles. The topological polar surface area (TPSA) is 66.1 Å². The zero-order valence-corrected chi connectivity index (χ0v) is 10.7. The third-order valence-electron chi connectivity index (χ3n) is 3.12. The molecule has 0 radical (unpaired) electrons. The first-order valence-electron chi connectivity index (χ1n) is 6.42. The summed E-state index contributed by atoms with van der Waals surface area (Å²) < 4.78 is 5.33. The second-order valence-corrected chi connectivity index (χ2v) is 4.43. The highest BCUT2D eigenvalue weighted by Crippen LogP contribution is 2.15. The molecule has 0 aromatic carbocycles. The van der Waals surface area contributed by atoms with E-state index in [4.69, 9.17) is 4.74 Å². The third kappa shape index (κ3) is 3.03. The molecule has 0 bridgehead atoms. The molecule has 1 fully saturated rings. The molecule has 0 aliphatic carbocycles. The van der Waals surface area contributed by atoms with Gasteiger partial charge in [-0.25, -0.2) is 9.97 Å². The number of hydrogen-bond acceptors (Lipinski definition) is 5. The fourth-order valence-electron chi connectivity index (χ4n) is 2.05. The zero-order chi connectivity index (χ0) is 12.9. The van der Waals surface area contributed by atoms with E-state index in [2.05, 4.69) is 25.2 Å². The van der Waals surface area contributed by atoms with E-state index in [0.717, 1.165) is 50.0 Å². The number of anilines is 2. The molecule has 1 aliphatic heterocycles. The van der Waals surface area contributed by atoms with Crippen molar-refractivity contribution in [3.8, 4) is 0 Å². The quantitative estimate of drug-likeness (QED) is 0.865. The molecule has 19 heavy (non-hydrogen) atoms. The Morgan fingerprint density at radius 1 is 1.26 bits per heavy atom. The average Bonchev–Trinajstić information content (AvgIpc) is 3.00. The molecule has 6 nitrogen and oxygen atoms in total. The first-order chi connectivity index (χ1) is 9.42. The molecule has 0 atom stereocenters. The largest absolute Gasteiger partial charge is 0.378 e. The van der Waals surface area contributed by atoms with Crippen LogP contribution in [0.2, 0.25) is 0 Å². The van der Waals surface area contributed by atoms with Crippen molar-refractivity contribution in [1.82, 2.24) is 15.0 Å². The van der Waals surface area contributed by atoms with Gasteiger partial charge in [0.15, 0.2) is 0 Å². The van der Waals surface area contributed by atoms with Crippen LogP contribution >= 0.6 is 0 Å². The van der Waals surface area contributed by atoms with Crippen LogP contribution in [0.5, 0.6) is 0 Å². The van der Waals surface area contributed by atoms with Crippen LogP contribution in [0.25, 0.3) is 0 Å². The van der Waals surface area contributed by atoms with Crippen molar-refractivity contribution in [2.24, 2.45) is 0 Å². The lowest BCUT2D eigenvalue weighted by Crippen LogP contribution is -2.36. The smallest absolute Gasteiger partial charge is 0.128 e. The molecule has 6 heteroatoms. The Hall–Kier alpha value is -2.08. The summed E-state index contributed by atoms with van der Waals surface area (Å²) in [5, 5.41) is 3.30. The summed E-state index contributed by atoms with van der Waals surface area (Å²) in [5.41, 5.74) is 2.06. The molecule has 2 aromatic rings. The van der Waals surface area contributed by atoms with Crippen LogP contribution in [0.1, 0.15) is 5.69 Å². The zero-order valence-electron chi connectivity index (χ0n) is 10.7. The second kappa shape index (κ2) is 5.71. The molecule has 1 saturated heterocycles. The van der Waals surface area contributed by atoms with Gasteiger partial charge in [0.2, 0.25) is 0 Å². The van der Waals surface area contributed by atoms with E-state index in [9.17, 15) is 0 Å². The van der Waals surface area contributed by atoms with Crippen LogP contribution in [0.15, 0.2) is 30.9 Å². The minimum Gasteiger partial charge on any atom is -0.378 e. The van der Waals surface area contributed by atoms with Crippen molar-refractivity contribution in [2.75, 3.05) is 36.5 Å². The van der Waals surface area contributed by atoms with Gasteiger partial charge in [-0.05, 0) is 12.1 Å². The summed E-state index contributed by atoms with van der Waals surface area (Å²) in [6, 6.07) is 4.09. The molecule has 3 rings (SSSR count). The monoisotopic (exact) mass is 259 g/mol. The summed E-state index contributed by atoms with van der Waals surface area (Å²) in [6.07, 6.45) is 5.35. The lowest BCUT2D eigenvalue weighted by Gasteiger charge is -2.27. The van der Waals surface area contributed by atoms with Gasteiger partial charge in [-0.15, -0.1) is 0 Å². The number of H-pyrrole nitrogens is 1. The number of morpholine rings is 1. The maximum Gasteiger partial charge on any atom is 0.128 e. The van der Waals surface area contributed by atoms with Crippen molar-refractivity contribution in [2.45, 2.75) is 6.54 Å². The molecule has 0 spiro atoms. The van der Waals surface area contributed by atoms with E-state index in [1.165, 1.54) is 0 Å². The van der Waals surface area contributed by atoms with Crippen molar-refractivity contribution >= 4 is 11.5 Å². The van der Waals surface area contributed by atoms with Crippen LogP contribution in [0.4, 0.5) is 11.5 Å². The lowest BCUT2D eigenvalue weighted by molar-refractivity contribution is 0.122. The summed E-state index contributed by atoms with van der Waals surface area (Å²) >= 11 is 0. The molecule has 3 heterocycles. The number of pyridine rings is 1. The van der Waals surface area contributed by atoms with Gasteiger partial charge in [0.25, 0.3) is 0 Å². The number of rotatable bonds is 4. The number of aromatic amines is 1. The van der Waals surface area contributed by atoms with Gasteiger partial charge in [0.05, 0.1) is 43.7 Å². The molecule has 0 amide bonds. The minimum atomic E-state index is 0.721. The number of ether oxygens (including phenoxy) is 1. The molecular formula is C13H17N5O. The number of nitrogens with one attached hydrogen (secondary N) is 2. The molecule has 1 aliphatic rings. The van der Waals surface area contributed by atoms with Crippen LogP contribution in [-0.4, -0.2) is 41.3 Å². The molecule has 100 valence electrons. The Labute approximate surface area is 111 Å². The Kier molecular flexibility index (Phi) is 3.60. The highest BCUT2D eigenvalue weighted by Gasteiger charge is 2.11. The van der Waals surface area contributed by atoms with Gasteiger partial charge >= 0.3 is 0 Å². The Morgan fingerprint density at radius 2 is 2.16 bits per heavy atom. The molecular weight excluding hydrogens is 242 g/mol. The normalized spacial score (nSPS) is 15.5. The molecule has 2 N–H and O–H groups in total. The van der Waals surface area contributed by atoms with Crippen LogP contribution in [-0.2, 0) is 11.3 Å². The summed E-state index contributed by atoms with van der Waals surface area (Å²) in [4.78, 5) is 13.8. The van der Waals surface area contributed by atoms with Gasteiger partial charge in [-0.2, -0.15) is 0 Å². The summed E-state index contributed by atoms with van der Waals surface area (Å²) in [7, 11) is 0. The highest BCUT2D eigenvalue weighted by atomic mass is 16.5. The standard InChI is InChI=1S/C13H17N5O/c1-2-13(18-3-5-19-6-4-18)16-8-11(1)15-9-12-7-14-10-17-12/h1-2,7-8,10,15H,3-6,9H2,(H,14,17). The predicted molar refractivity (Wildman–Crippen MR) is 73.2 cm³/mol. The van der Waals surface area contributed by atoms with E-state index < -0.39 is 0 Å². The van der Waals surface area contributed by atoms with E-state index in [1.807, 2.05) is 24.5 Å². The third-order valence-corrected chi connectivity index (χ3v) is 3.12. The van der Waals surface area contributed by atoms with Gasteiger partial charge in [-0.1, -0.05) is 0 Å². The van der Waals surface area contributed by atoms with Gasteiger partial charge in [0, 0.05) is 19.3 Å². The lowest BCUT2D eigenvalue weighted by atomic mass is 10.3. The van der Waals surface area contributed by atoms with E-state index >= 15 is 0 Å². The van der Waals surface area contributed by atoms with Crippen molar-refractivity contribution < 1.29 is 4.74 Å². The van der Waals surface area contributed by atoms with Crippen molar-refractivity contribution in [3.05, 3.63) is 36.5 Å². The van der Waals surface area contributed by atoms with Crippen LogP contribution in [0, 0.1) is 0 Å². The first-order valence-corrected chi connectivity index (χ1v) is 6.42. The Morgan fingerprint density at radius 3 is 2.84 bits per heavy atom. The maximum absolute atomic E-state index is 5.33. The number of imidazole rings is 1. The molecule has 0 unspecified atom stereocenters. The maximum atomic E-state index is 5.33. The van der Waals surface area contributed by atoms with Crippen molar-refractivity contribution in [1.29, 1.82) is 0 Å². The molecule has 0 saturated carbocycles. The van der Waals surface area contributed by atoms with E-state index in [0.29, 0.717) is 0 Å².